The molecule has 1 heterocycles. The molecule has 0 fully saturated rings. The molecule has 0 saturated heterocycles. The number of nitrogens with zero attached hydrogens (tertiary/aromatic N) is 1. The summed E-state index contributed by atoms with van der Waals surface area (Å²) < 4.78 is 16.2. The van der Waals surface area contributed by atoms with Gasteiger partial charge >= 0.3 is 6.09 Å². The van der Waals surface area contributed by atoms with Crippen LogP contribution >= 0.6 is 11.3 Å². The lowest BCUT2D eigenvalue weighted by Gasteiger charge is -2.13. The molecule has 31 heavy (non-hydrogen) atoms. The second-order valence-corrected chi connectivity index (χ2v) is 7.47. The van der Waals surface area contributed by atoms with Crippen LogP contribution in [0.1, 0.15) is 18.5 Å². The molecule has 0 aliphatic carbocycles. The number of rotatable bonds is 8. The lowest BCUT2D eigenvalue weighted by Crippen LogP contribution is -2.27. The highest BCUT2D eigenvalue weighted by Gasteiger charge is 2.13. The number of terminal acetylenes is 1. The molecule has 0 radical (unpaired) electrons. The summed E-state index contributed by atoms with van der Waals surface area (Å²) in [7, 11) is 1.29. The number of carbonyl (C=O) groups is 1. The van der Waals surface area contributed by atoms with Crippen LogP contribution in [0, 0.1) is 12.3 Å². The van der Waals surface area contributed by atoms with E-state index < -0.39 is 12.1 Å². The smallest absolute Gasteiger partial charge is 0.408 e. The van der Waals surface area contributed by atoms with Crippen molar-refractivity contribution >= 4 is 17.4 Å². The van der Waals surface area contributed by atoms with Gasteiger partial charge in [-0.1, -0.05) is 42.0 Å². The topological polar surface area (TPSA) is 69.7 Å². The van der Waals surface area contributed by atoms with E-state index in [2.05, 4.69) is 27.5 Å². The minimum Gasteiger partial charge on any atom is -0.487 e. The van der Waals surface area contributed by atoms with Crippen LogP contribution < -0.4 is 14.8 Å². The molecule has 0 bridgehead atoms. The molecule has 3 rings (SSSR count). The fraction of sp³-hybridized carbons (Fsp3) is 0.167. The zero-order valence-corrected chi connectivity index (χ0v) is 18.0. The van der Waals surface area contributed by atoms with Gasteiger partial charge in [0.15, 0.2) is 0 Å². The zero-order chi connectivity index (χ0) is 22.2. The number of hydrogen-bond acceptors (Lipinski definition) is 6. The van der Waals surface area contributed by atoms with Crippen LogP contribution in [0.3, 0.4) is 0 Å². The maximum absolute atomic E-state index is 11.4. The van der Waals surface area contributed by atoms with Crippen LogP contribution in [0.5, 0.6) is 16.6 Å². The first-order valence-corrected chi connectivity index (χ1v) is 10.3. The Morgan fingerprint density at radius 3 is 2.48 bits per heavy atom. The Balaban J connectivity index is 1.65. The summed E-state index contributed by atoms with van der Waals surface area (Å²) in [5, 5.41) is 4.08. The molecule has 2 aromatic carbocycles. The van der Waals surface area contributed by atoms with Gasteiger partial charge in [0.05, 0.1) is 13.3 Å². The van der Waals surface area contributed by atoms with Crippen molar-refractivity contribution in [2.24, 2.45) is 0 Å². The molecular formula is C24H22N2O4S. The normalized spacial score (nSPS) is 12.2. The summed E-state index contributed by atoms with van der Waals surface area (Å²) in [5.41, 5.74) is 1.72. The second-order valence-electron chi connectivity index (χ2n) is 6.47. The summed E-state index contributed by atoms with van der Waals surface area (Å²) in [6.07, 6.45) is 8.28. The molecule has 0 saturated carbocycles. The summed E-state index contributed by atoms with van der Waals surface area (Å²) in [6.45, 7) is 5.64. The first-order chi connectivity index (χ1) is 15.0. The van der Waals surface area contributed by atoms with Gasteiger partial charge < -0.3 is 19.5 Å². The van der Waals surface area contributed by atoms with Gasteiger partial charge in [0.1, 0.15) is 28.7 Å². The fourth-order valence-electron chi connectivity index (χ4n) is 2.62. The average molecular weight is 435 g/mol. The number of nitrogens with one attached hydrogen (secondary N) is 1. The van der Waals surface area contributed by atoms with Gasteiger partial charge in [-0.2, -0.15) is 0 Å². The molecule has 0 aliphatic rings. The van der Waals surface area contributed by atoms with Gasteiger partial charge in [-0.05, 0) is 48.9 Å². The first-order valence-electron chi connectivity index (χ1n) is 9.46. The molecule has 1 N–H and O–H groups in total. The highest BCUT2D eigenvalue weighted by Crippen LogP contribution is 2.34. The second kappa shape index (κ2) is 10.3. The molecule has 1 amide bonds. The van der Waals surface area contributed by atoms with Gasteiger partial charge in [-0.3, -0.25) is 0 Å². The first kappa shape index (κ1) is 21.9. The summed E-state index contributed by atoms with van der Waals surface area (Å²) in [4.78, 5) is 15.8. The molecule has 1 aromatic heterocycles. The van der Waals surface area contributed by atoms with E-state index in [0.29, 0.717) is 10.8 Å². The number of benzene rings is 2. The number of ether oxygens (including phenoxy) is 3. The van der Waals surface area contributed by atoms with Crippen molar-refractivity contribution in [1.82, 2.24) is 10.3 Å². The number of hydrogen-bond donors (Lipinski definition) is 1. The van der Waals surface area contributed by atoms with Gasteiger partial charge in [-0.25, -0.2) is 9.78 Å². The lowest BCUT2D eigenvalue weighted by atomic mass is 10.1. The Bertz CT molecular complexity index is 1070. The molecule has 6 nitrogen and oxygen atoms in total. The third kappa shape index (κ3) is 5.87. The van der Waals surface area contributed by atoms with Crippen LogP contribution in [0.2, 0.25) is 0 Å². The van der Waals surface area contributed by atoms with Crippen molar-refractivity contribution in [3.8, 4) is 39.5 Å². The standard InChI is InChI=1S/C24H22N2O4S/c1-5-16(3)29-19-13-9-18(10-14-19)23-25-15-22(31-23)30-20-11-7-17(8-12-20)21(6-2)26-24(27)28-4/h2,5,7-16,21H,1H2,3-4H3,(H,26,27). The monoisotopic (exact) mass is 434 g/mol. The van der Waals surface area contributed by atoms with Gasteiger partial charge in [0.25, 0.3) is 0 Å². The van der Waals surface area contributed by atoms with Crippen LogP contribution in [0.25, 0.3) is 10.6 Å². The maximum atomic E-state index is 11.4. The average Bonchev–Trinajstić information content (AvgIpc) is 3.26. The SMILES string of the molecule is C#CC(NC(=O)OC)c1ccc(Oc2cnc(-c3ccc(OC(C)C=C)cc3)s2)cc1. The summed E-state index contributed by atoms with van der Waals surface area (Å²) >= 11 is 1.44. The Morgan fingerprint density at radius 2 is 1.87 bits per heavy atom. The van der Waals surface area contributed by atoms with Crippen molar-refractivity contribution < 1.29 is 19.0 Å². The van der Waals surface area contributed by atoms with Crippen molar-refractivity contribution in [2.45, 2.75) is 19.1 Å². The Labute approximate surface area is 185 Å². The molecule has 0 aliphatic heterocycles. The molecule has 2 atom stereocenters. The predicted octanol–water partition coefficient (Wildman–Crippen LogP) is 5.59. The van der Waals surface area contributed by atoms with Crippen molar-refractivity contribution in [3.63, 3.8) is 0 Å². The van der Waals surface area contributed by atoms with E-state index in [1.54, 1.807) is 36.5 Å². The van der Waals surface area contributed by atoms with E-state index >= 15 is 0 Å². The number of alkyl carbamates (subject to hydrolysis) is 1. The predicted molar refractivity (Wildman–Crippen MR) is 121 cm³/mol. The van der Waals surface area contributed by atoms with E-state index in [9.17, 15) is 4.79 Å². The fourth-order valence-corrected chi connectivity index (χ4v) is 3.41. The van der Waals surface area contributed by atoms with Crippen molar-refractivity contribution in [2.75, 3.05) is 7.11 Å². The van der Waals surface area contributed by atoms with E-state index in [0.717, 1.165) is 21.9 Å². The van der Waals surface area contributed by atoms with Crippen LogP contribution in [-0.2, 0) is 4.74 Å². The van der Waals surface area contributed by atoms with E-state index in [4.69, 9.17) is 15.9 Å². The van der Waals surface area contributed by atoms with E-state index in [1.165, 1.54) is 18.4 Å². The van der Waals surface area contributed by atoms with Crippen molar-refractivity contribution in [3.05, 3.63) is 72.9 Å². The largest absolute Gasteiger partial charge is 0.487 e. The number of carbonyl (C=O) groups excluding carboxylic acids is 1. The van der Waals surface area contributed by atoms with Crippen molar-refractivity contribution in [1.29, 1.82) is 0 Å². The minimum absolute atomic E-state index is 0.0516. The van der Waals surface area contributed by atoms with Crippen LogP contribution in [-0.4, -0.2) is 24.3 Å². The molecule has 7 heteroatoms. The minimum atomic E-state index is -0.588. The van der Waals surface area contributed by atoms with E-state index in [1.807, 2.05) is 31.2 Å². The molecule has 158 valence electrons. The number of thiazole rings is 1. The zero-order valence-electron chi connectivity index (χ0n) is 17.2. The maximum Gasteiger partial charge on any atom is 0.408 e. The summed E-state index contributed by atoms with van der Waals surface area (Å²) in [6, 6.07) is 14.3. The van der Waals surface area contributed by atoms with Gasteiger partial charge in [0, 0.05) is 5.56 Å². The number of methoxy groups -OCH3 is 1. The van der Waals surface area contributed by atoms with Crippen LogP contribution in [0.15, 0.2) is 67.4 Å². The number of aromatic nitrogens is 1. The highest BCUT2D eigenvalue weighted by atomic mass is 32.1. The summed E-state index contributed by atoms with van der Waals surface area (Å²) in [5.74, 6) is 3.93. The highest BCUT2D eigenvalue weighted by molar-refractivity contribution is 7.16. The Kier molecular flexibility index (Phi) is 7.31. The Hall–Kier alpha value is -3.76. The lowest BCUT2D eigenvalue weighted by molar-refractivity contribution is 0.169. The third-order valence-electron chi connectivity index (χ3n) is 4.29. The third-order valence-corrected chi connectivity index (χ3v) is 5.21. The van der Waals surface area contributed by atoms with Gasteiger partial charge in [0.2, 0.25) is 5.06 Å². The molecular weight excluding hydrogens is 412 g/mol. The quantitative estimate of drug-likeness (QED) is 0.370. The molecule has 3 aromatic rings. The molecule has 0 spiro atoms. The number of amides is 1. The Morgan fingerprint density at radius 1 is 1.19 bits per heavy atom. The molecule has 2 unspecified atom stereocenters. The van der Waals surface area contributed by atoms with E-state index in [-0.39, 0.29) is 6.10 Å². The van der Waals surface area contributed by atoms with Gasteiger partial charge in [-0.15, -0.1) is 6.42 Å². The van der Waals surface area contributed by atoms with Crippen LogP contribution in [0.4, 0.5) is 4.79 Å².